The number of sulfonamides is 1. The zero-order valence-corrected chi connectivity index (χ0v) is 11.9. The third-order valence-electron chi connectivity index (χ3n) is 2.80. The standard InChI is InChI=1S/C12H20N2O3S/c1-8-5-10(6-11(13)9(8)2)18(16,17)14-12(3,4)7-15/h5-6,14-15H,7,13H2,1-4H3. The lowest BCUT2D eigenvalue weighted by Gasteiger charge is -2.23. The Morgan fingerprint density at radius 2 is 1.89 bits per heavy atom. The van der Waals surface area contributed by atoms with Crippen LogP contribution in [0.15, 0.2) is 17.0 Å². The largest absolute Gasteiger partial charge is 0.398 e. The second-order valence-corrected chi connectivity index (χ2v) is 6.78. The molecule has 0 unspecified atom stereocenters. The van der Waals surface area contributed by atoms with Crippen molar-refractivity contribution < 1.29 is 13.5 Å². The first-order valence-corrected chi connectivity index (χ1v) is 7.09. The predicted molar refractivity (Wildman–Crippen MR) is 71.8 cm³/mol. The van der Waals surface area contributed by atoms with E-state index in [1.54, 1.807) is 19.9 Å². The van der Waals surface area contributed by atoms with E-state index in [9.17, 15) is 8.42 Å². The van der Waals surface area contributed by atoms with Gasteiger partial charge in [0.05, 0.1) is 17.0 Å². The molecule has 4 N–H and O–H groups in total. The number of hydrogen-bond acceptors (Lipinski definition) is 4. The highest BCUT2D eigenvalue weighted by molar-refractivity contribution is 7.89. The average molecular weight is 272 g/mol. The SMILES string of the molecule is Cc1cc(S(=O)(=O)NC(C)(C)CO)cc(N)c1C. The van der Waals surface area contributed by atoms with Crippen LogP contribution in [0.1, 0.15) is 25.0 Å². The van der Waals surface area contributed by atoms with Crippen molar-refractivity contribution in [2.24, 2.45) is 0 Å². The molecule has 0 spiro atoms. The van der Waals surface area contributed by atoms with Crippen LogP contribution in [0.5, 0.6) is 0 Å². The van der Waals surface area contributed by atoms with Gasteiger partial charge in [-0.3, -0.25) is 0 Å². The third-order valence-corrected chi connectivity index (χ3v) is 4.47. The summed E-state index contributed by atoms with van der Waals surface area (Å²) in [6.45, 7) is 6.57. The molecule has 0 heterocycles. The quantitative estimate of drug-likeness (QED) is 0.711. The number of aryl methyl sites for hydroxylation is 1. The van der Waals surface area contributed by atoms with Crippen LogP contribution in [0, 0.1) is 13.8 Å². The van der Waals surface area contributed by atoms with Crippen LogP contribution in [0.4, 0.5) is 5.69 Å². The van der Waals surface area contributed by atoms with Crippen molar-refractivity contribution in [2.75, 3.05) is 12.3 Å². The fraction of sp³-hybridized carbons (Fsp3) is 0.500. The van der Waals surface area contributed by atoms with Crippen LogP contribution in [0.2, 0.25) is 0 Å². The Morgan fingerprint density at radius 1 is 1.33 bits per heavy atom. The van der Waals surface area contributed by atoms with Crippen molar-refractivity contribution in [2.45, 2.75) is 38.1 Å². The molecular formula is C12H20N2O3S. The summed E-state index contributed by atoms with van der Waals surface area (Å²) in [6.07, 6.45) is 0. The van der Waals surface area contributed by atoms with Gasteiger partial charge < -0.3 is 10.8 Å². The molecule has 0 saturated carbocycles. The maximum Gasteiger partial charge on any atom is 0.241 e. The molecule has 1 aromatic rings. The van der Waals surface area contributed by atoms with Gasteiger partial charge in [0.15, 0.2) is 0 Å². The summed E-state index contributed by atoms with van der Waals surface area (Å²) >= 11 is 0. The highest BCUT2D eigenvalue weighted by Crippen LogP contribution is 2.22. The second kappa shape index (κ2) is 4.87. The number of aliphatic hydroxyl groups excluding tert-OH is 1. The summed E-state index contributed by atoms with van der Waals surface area (Å²) in [5, 5.41) is 9.11. The smallest absolute Gasteiger partial charge is 0.241 e. The summed E-state index contributed by atoms with van der Waals surface area (Å²) in [7, 11) is -3.68. The van der Waals surface area contributed by atoms with E-state index in [4.69, 9.17) is 10.8 Å². The van der Waals surface area contributed by atoms with E-state index in [0.717, 1.165) is 11.1 Å². The van der Waals surface area contributed by atoms with Gasteiger partial charge in [-0.25, -0.2) is 13.1 Å². The summed E-state index contributed by atoms with van der Waals surface area (Å²) in [6, 6.07) is 3.00. The van der Waals surface area contributed by atoms with Crippen molar-refractivity contribution in [1.29, 1.82) is 0 Å². The molecule has 0 aromatic heterocycles. The lowest BCUT2D eigenvalue weighted by molar-refractivity contribution is 0.208. The molecule has 18 heavy (non-hydrogen) atoms. The number of anilines is 1. The Kier molecular flexibility index (Phi) is 4.05. The minimum absolute atomic E-state index is 0.115. The third kappa shape index (κ3) is 3.22. The molecule has 0 radical (unpaired) electrons. The lowest BCUT2D eigenvalue weighted by Crippen LogP contribution is -2.46. The van der Waals surface area contributed by atoms with Crippen LogP contribution in [-0.4, -0.2) is 25.7 Å². The monoisotopic (exact) mass is 272 g/mol. The molecular weight excluding hydrogens is 252 g/mol. The summed E-state index contributed by atoms with van der Waals surface area (Å²) in [5.41, 5.74) is 6.99. The van der Waals surface area contributed by atoms with Gasteiger partial charge >= 0.3 is 0 Å². The average Bonchev–Trinajstić information content (AvgIpc) is 2.23. The van der Waals surface area contributed by atoms with E-state index in [2.05, 4.69) is 4.72 Å². The number of aliphatic hydroxyl groups is 1. The van der Waals surface area contributed by atoms with Crippen LogP contribution < -0.4 is 10.5 Å². The Morgan fingerprint density at radius 3 is 2.33 bits per heavy atom. The number of benzene rings is 1. The Balaban J connectivity index is 3.22. The molecule has 0 atom stereocenters. The fourth-order valence-corrected chi connectivity index (χ4v) is 2.99. The first-order chi connectivity index (χ1) is 8.09. The molecule has 0 aliphatic heterocycles. The van der Waals surface area contributed by atoms with Gasteiger partial charge in [0.1, 0.15) is 0 Å². The molecule has 0 aliphatic rings. The Hall–Kier alpha value is -1.11. The number of rotatable bonds is 4. The van der Waals surface area contributed by atoms with E-state index in [1.807, 2.05) is 13.8 Å². The zero-order valence-electron chi connectivity index (χ0n) is 11.1. The Bertz CT molecular complexity index is 527. The molecule has 5 nitrogen and oxygen atoms in total. The maximum atomic E-state index is 12.1. The van der Waals surface area contributed by atoms with E-state index in [-0.39, 0.29) is 11.5 Å². The summed E-state index contributed by atoms with van der Waals surface area (Å²) < 4.78 is 26.7. The van der Waals surface area contributed by atoms with Crippen LogP contribution in [-0.2, 0) is 10.0 Å². The zero-order chi connectivity index (χ0) is 14.1. The highest BCUT2D eigenvalue weighted by Gasteiger charge is 2.26. The normalized spacial score (nSPS) is 12.7. The van der Waals surface area contributed by atoms with E-state index in [0.29, 0.717) is 5.69 Å². The topological polar surface area (TPSA) is 92.4 Å². The first-order valence-electron chi connectivity index (χ1n) is 5.60. The van der Waals surface area contributed by atoms with Gasteiger partial charge in [-0.1, -0.05) is 0 Å². The van der Waals surface area contributed by atoms with Crippen LogP contribution in [0.3, 0.4) is 0 Å². The van der Waals surface area contributed by atoms with Crippen molar-refractivity contribution in [3.8, 4) is 0 Å². The fourth-order valence-electron chi connectivity index (χ4n) is 1.46. The van der Waals surface area contributed by atoms with Gasteiger partial charge in [0, 0.05) is 5.69 Å². The molecule has 1 aromatic carbocycles. The molecule has 102 valence electrons. The van der Waals surface area contributed by atoms with Crippen molar-refractivity contribution in [1.82, 2.24) is 4.72 Å². The highest BCUT2D eigenvalue weighted by atomic mass is 32.2. The van der Waals surface area contributed by atoms with Crippen molar-refractivity contribution in [3.63, 3.8) is 0 Å². The van der Waals surface area contributed by atoms with Gasteiger partial charge in [0.25, 0.3) is 0 Å². The van der Waals surface area contributed by atoms with Gasteiger partial charge in [0.2, 0.25) is 10.0 Å². The van der Waals surface area contributed by atoms with Crippen molar-refractivity contribution >= 4 is 15.7 Å². The van der Waals surface area contributed by atoms with Gasteiger partial charge in [-0.05, 0) is 51.0 Å². The second-order valence-electron chi connectivity index (χ2n) is 5.10. The number of hydrogen-bond donors (Lipinski definition) is 3. The van der Waals surface area contributed by atoms with E-state index >= 15 is 0 Å². The molecule has 0 bridgehead atoms. The summed E-state index contributed by atoms with van der Waals surface area (Å²) in [5.74, 6) is 0. The molecule has 0 saturated heterocycles. The molecule has 1 rings (SSSR count). The molecule has 0 aliphatic carbocycles. The van der Waals surface area contributed by atoms with Crippen LogP contribution in [0.25, 0.3) is 0 Å². The van der Waals surface area contributed by atoms with Gasteiger partial charge in [-0.2, -0.15) is 0 Å². The minimum atomic E-state index is -3.68. The molecule has 0 fully saturated rings. The van der Waals surface area contributed by atoms with Crippen LogP contribution >= 0.6 is 0 Å². The number of nitrogens with two attached hydrogens (primary N) is 1. The Labute approximate surface area is 108 Å². The van der Waals surface area contributed by atoms with E-state index < -0.39 is 15.6 Å². The number of nitrogen functional groups attached to an aromatic ring is 1. The summed E-state index contributed by atoms with van der Waals surface area (Å²) in [4.78, 5) is 0.115. The van der Waals surface area contributed by atoms with E-state index in [1.165, 1.54) is 6.07 Å². The predicted octanol–water partition coefficient (Wildman–Crippen LogP) is 0.935. The first kappa shape index (κ1) is 14.9. The lowest BCUT2D eigenvalue weighted by atomic mass is 10.1. The van der Waals surface area contributed by atoms with Gasteiger partial charge in [-0.15, -0.1) is 0 Å². The maximum absolute atomic E-state index is 12.1. The molecule has 0 amide bonds. The molecule has 6 heteroatoms. The van der Waals surface area contributed by atoms with Crippen molar-refractivity contribution in [3.05, 3.63) is 23.3 Å². The minimum Gasteiger partial charge on any atom is -0.398 e. The number of nitrogens with one attached hydrogen (secondary N) is 1.